The van der Waals surface area contributed by atoms with Crippen LogP contribution in [0.25, 0.3) is 0 Å². The number of hydrogen-bond acceptors (Lipinski definition) is 6. The Balaban J connectivity index is 3.32. The maximum atomic E-state index is 11.8. The molecule has 0 rings (SSSR count). The Labute approximate surface area is 200 Å². The topological polar surface area (TPSA) is 99.1 Å². The van der Waals surface area contributed by atoms with Gasteiger partial charge in [-0.05, 0) is 25.8 Å². The number of ether oxygens (including phenoxy) is 3. The lowest BCUT2D eigenvalue weighted by atomic mass is 10.0. The molecule has 0 radical (unpaired) electrons. The molecule has 0 heterocycles. The first kappa shape index (κ1) is 30.9. The van der Waals surface area contributed by atoms with E-state index in [0.717, 1.165) is 38.5 Å². The van der Waals surface area contributed by atoms with Crippen LogP contribution in [0.2, 0.25) is 0 Å². The van der Waals surface area contributed by atoms with E-state index in [0.29, 0.717) is 12.8 Å². The van der Waals surface area contributed by atoms with E-state index in [1.807, 2.05) is 0 Å². The number of carboxylic acid groups (broad SMARTS) is 1. The Hall–Kier alpha value is -2.05. The fourth-order valence-electron chi connectivity index (χ4n) is 3.56. The van der Waals surface area contributed by atoms with Crippen LogP contribution in [0.4, 0.5) is 4.79 Å². The van der Waals surface area contributed by atoms with E-state index in [1.54, 1.807) is 13.0 Å². The summed E-state index contributed by atoms with van der Waals surface area (Å²) in [5.74, 6) is -0.695. The number of allylic oxidation sites excluding steroid dienone is 1. The molecule has 0 atom stereocenters. The van der Waals surface area contributed by atoms with Gasteiger partial charge in [-0.25, -0.2) is 4.79 Å². The lowest BCUT2D eigenvalue weighted by Gasteiger charge is -2.08. The van der Waals surface area contributed by atoms with Crippen molar-refractivity contribution in [1.29, 1.82) is 0 Å². The van der Waals surface area contributed by atoms with Crippen molar-refractivity contribution in [2.45, 2.75) is 122 Å². The highest BCUT2D eigenvalue weighted by Crippen LogP contribution is 2.14. The highest BCUT2D eigenvalue weighted by Gasteiger charge is 2.09. The summed E-state index contributed by atoms with van der Waals surface area (Å²) in [7, 11) is 1.22. The van der Waals surface area contributed by atoms with Crippen molar-refractivity contribution in [2.75, 3.05) is 13.7 Å². The Morgan fingerprint density at radius 1 is 0.667 bits per heavy atom. The van der Waals surface area contributed by atoms with Gasteiger partial charge in [0.25, 0.3) is 0 Å². The van der Waals surface area contributed by atoms with Crippen molar-refractivity contribution in [2.24, 2.45) is 0 Å². The average Bonchev–Trinajstić information content (AvgIpc) is 2.80. The molecule has 0 aromatic rings. The minimum absolute atomic E-state index is 0.0565. The third kappa shape index (κ3) is 22.9. The summed E-state index contributed by atoms with van der Waals surface area (Å²) in [6, 6.07) is 0. The summed E-state index contributed by atoms with van der Waals surface area (Å²) in [6.45, 7) is 1.64. The molecule has 0 bridgehead atoms. The van der Waals surface area contributed by atoms with Gasteiger partial charge < -0.3 is 19.3 Å². The molecule has 0 aliphatic carbocycles. The second kappa shape index (κ2) is 23.1. The maximum Gasteiger partial charge on any atom is 0.513 e. The van der Waals surface area contributed by atoms with E-state index in [1.165, 1.54) is 71.3 Å². The molecule has 0 aromatic heterocycles. The Bertz CT molecular complexity index is 543. The standard InChI is InChI=1S/C26H46O7/c1-3-23(33-26(30)31-2)22-32-25(29)21-19-17-15-13-11-9-7-5-4-6-8-10-12-14-16-18-20-24(27)28/h3H,4-22H2,1-2H3,(H,27,28)/b23-3+. The smallest absolute Gasteiger partial charge is 0.481 e. The van der Waals surface area contributed by atoms with Gasteiger partial charge in [-0.3, -0.25) is 9.59 Å². The van der Waals surface area contributed by atoms with Crippen molar-refractivity contribution in [1.82, 2.24) is 0 Å². The second-order valence-corrected chi connectivity index (χ2v) is 8.52. The zero-order valence-electron chi connectivity index (χ0n) is 20.9. The lowest BCUT2D eigenvalue weighted by molar-refractivity contribution is -0.143. The van der Waals surface area contributed by atoms with Crippen LogP contribution in [0, 0.1) is 0 Å². The Morgan fingerprint density at radius 3 is 1.42 bits per heavy atom. The molecule has 192 valence electrons. The van der Waals surface area contributed by atoms with Gasteiger partial charge in [0.15, 0.2) is 0 Å². The van der Waals surface area contributed by atoms with Crippen molar-refractivity contribution in [3.8, 4) is 0 Å². The first-order valence-electron chi connectivity index (χ1n) is 12.8. The van der Waals surface area contributed by atoms with E-state index >= 15 is 0 Å². The van der Waals surface area contributed by atoms with Gasteiger partial charge in [-0.15, -0.1) is 0 Å². The number of unbranched alkanes of at least 4 members (excludes halogenated alkanes) is 15. The Kier molecular flexibility index (Phi) is 21.7. The lowest BCUT2D eigenvalue weighted by Crippen LogP contribution is -2.12. The predicted octanol–water partition coefficient (Wildman–Crippen LogP) is 7.32. The van der Waals surface area contributed by atoms with Crippen molar-refractivity contribution >= 4 is 18.1 Å². The summed E-state index contributed by atoms with van der Waals surface area (Å²) >= 11 is 0. The zero-order chi connectivity index (χ0) is 24.6. The van der Waals surface area contributed by atoms with Crippen molar-refractivity contribution < 1.29 is 33.7 Å². The monoisotopic (exact) mass is 470 g/mol. The zero-order valence-corrected chi connectivity index (χ0v) is 20.9. The number of aliphatic carboxylic acids is 1. The largest absolute Gasteiger partial charge is 0.513 e. The second-order valence-electron chi connectivity index (χ2n) is 8.52. The molecule has 0 aromatic carbocycles. The molecule has 0 amide bonds. The quantitative estimate of drug-likeness (QED) is 0.100. The predicted molar refractivity (Wildman–Crippen MR) is 129 cm³/mol. The fraction of sp³-hybridized carbons (Fsp3) is 0.808. The molecule has 0 aliphatic heterocycles. The number of hydrogen-bond donors (Lipinski definition) is 1. The molecule has 0 spiro atoms. The van der Waals surface area contributed by atoms with Gasteiger partial charge in [0.2, 0.25) is 0 Å². The van der Waals surface area contributed by atoms with Crippen LogP contribution in [-0.4, -0.2) is 36.9 Å². The van der Waals surface area contributed by atoms with E-state index in [9.17, 15) is 14.4 Å². The van der Waals surface area contributed by atoms with E-state index in [4.69, 9.17) is 14.6 Å². The van der Waals surface area contributed by atoms with Crippen molar-refractivity contribution in [3.05, 3.63) is 11.8 Å². The van der Waals surface area contributed by atoms with E-state index in [2.05, 4.69) is 4.74 Å². The third-order valence-corrected chi connectivity index (χ3v) is 5.60. The summed E-state index contributed by atoms with van der Waals surface area (Å²) in [5.41, 5.74) is 0. The van der Waals surface area contributed by atoms with Gasteiger partial charge in [0.05, 0.1) is 7.11 Å². The van der Waals surface area contributed by atoms with Gasteiger partial charge >= 0.3 is 18.1 Å². The highest BCUT2D eigenvalue weighted by atomic mass is 16.7. The number of carbonyl (C=O) groups excluding carboxylic acids is 2. The maximum absolute atomic E-state index is 11.8. The molecule has 7 heteroatoms. The molecule has 0 aliphatic rings. The van der Waals surface area contributed by atoms with Gasteiger partial charge in [0.1, 0.15) is 12.4 Å². The summed E-state index contributed by atoms with van der Waals surface area (Å²) < 4.78 is 14.4. The van der Waals surface area contributed by atoms with Crippen LogP contribution in [0.1, 0.15) is 122 Å². The molecule has 0 saturated carbocycles. The number of methoxy groups -OCH3 is 1. The van der Waals surface area contributed by atoms with Crippen LogP contribution in [0.5, 0.6) is 0 Å². The van der Waals surface area contributed by atoms with Crippen LogP contribution in [0.15, 0.2) is 11.8 Å². The molecular formula is C26H46O7. The summed E-state index contributed by atoms with van der Waals surface area (Å²) in [4.78, 5) is 33.2. The molecule has 0 fully saturated rings. The molecule has 0 saturated heterocycles. The fourth-order valence-corrected chi connectivity index (χ4v) is 3.56. The number of esters is 1. The first-order chi connectivity index (χ1) is 16.0. The van der Waals surface area contributed by atoms with Crippen LogP contribution >= 0.6 is 0 Å². The SMILES string of the molecule is C/C=C(\COC(=O)CCCCCCCCCCCCCCCCCCC(=O)O)OC(=O)OC. The van der Waals surface area contributed by atoms with E-state index < -0.39 is 12.1 Å². The first-order valence-corrected chi connectivity index (χ1v) is 12.8. The van der Waals surface area contributed by atoms with E-state index in [-0.39, 0.29) is 18.3 Å². The minimum Gasteiger partial charge on any atom is -0.481 e. The number of rotatable bonds is 22. The van der Waals surface area contributed by atoms with Crippen LogP contribution in [0.3, 0.4) is 0 Å². The molecule has 0 unspecified atom stereocenters. The van der Waals surface area contributed by atoms with Crippen LogP contribution in [-0.2, 0) is 23.8 Å². The summed E-state index contributed by atoms with van der Waals surface area (Å²) in [6.07, 6.45) is 20.3. The summed E-state index contributed by atoms with van der Waals surface area (Å²) in [5, 5.41) is 8.59. The minimum atomic E-state index is -0.822. The van der Waals surface area contributed by atoms with Gasteiger partial charge in [0, 0.05) is 12.8 Å². The van der Waals surface area contributed by atoms with Gasteiger partial charge in [-0.2, -0.15) is 0 Å². The van der Waals surface area contributed by atoms with Gasteiger partial charge in [-0.1, -0.05) is 89.9 Å². The average molecular weight is 471 g/mol. The molecule has 33 heavy (non-hydrogen) atoms. The van der Waals surface area contributed by atoms with Crippen molar-refractivity contribution in [3.63, 3.8) is 0 Å². The molecule has 7 nitrogen and oxygen atoms in total. The Morgan fingerprint density at radius 2 is 1.06 bits per heavy atom. The number of carbonyl (C=O) groups is 3. The third-order valence-electron chi connectivity index (χ3n) is 5.60. The molecular weight excluding hydrogens is 424 g/mol. The highest BCUT2D eigenvalue weighted by molar-refractivity contribution is 5.69. The number of carboxylic acids is 1. The van der Waals surface area contributed by atoms with Crippen LogP contribution < -0.4 is 0 Å². The molecule has 1 N–H and O–H groups in total. The normalized spacial score (nSPS) is 11.3.